The molecule has 0 amide bonds. The van der Waals surface area contributed by atoms with Crippen molar-refractivity contribution in [2.45, 2.75) is 0 Å². The summed E-state index contributed by atoms with van der Waals surface area (Å²) < 4.78 is 13.2. The maximum absolute atomic E-state index is 13.2. The van der Waals surface area contributed by atoms with Gasteiger partial charge in [-0.2, -0.15) is 10.4 Å². The summed E-state index contributed by atoms with van der Waals surface area (Å²) in [5, 5.41) is 16.4. The maximum Gasteiger partial charge on any atom is 0.196 e. The van der Waals surface area contributed by atoms with E-state index in [1.54, 1.807) is 35.7 Å². The lowest BCUT2D eigenvalue weighted by atomic mass is 10.2. The summed E-state index contributed by atoms with van der Waals surface area (Å²) in [6.45, 7) is 0. The summed E-state index contributed by atoms with van der Waals surface area (Å²) in [7, 11) is 0. The van der Waals surface area contributed by atoms with E-state index in [0.29, 0.717) is 26.4 Å². The van der Waals surface area contributed by atoms with E-state index in [0.717, 1.165) is 5.56 Å². The Bertz CT molecular complexity index is 994. The molecule has 0 saturated heterocycles. The van der Waals surface area contributed by atoms with Crippen molar-refractivity contribution in [3.05, 3.63) is 68.7 Å². The highest BCUT2D eigenvalue weighted by Crippen LogP contribution is 2.29. The van der Waals surface area contributed by atoms with Crippen molar-refractivity contribution in [1.82, 2.24) is 4.98 Å². The highest BCUT2D eigenvalue weighted by atomic mass is 35.5. The molecule has 1 N–H and O–H groups in total. The molecular formula is C17H9Cl2FN4S. The van der Waals surface area contributed by atoms with Gasteiger partial charge in [0.25, 0.3) is 0 Å². The van der Waals surface area contributed by atoms with Gasteiger partial charge in [-0.05, 0) is 30.3 Å². The zero-order chi connectivity index (χ0) is 17.8. The molecule has 0 aliphatic heterocycles. The maximum atomic E-state index is 13.2. The molecule has 25 heavy (non-hydrogen) atoms. The predicted octanol–water partition coefficient (Wildman–Crippen LogP) is 5.60. The average molecular weight is 391 g/mol. The highest BCUT2D eigenvalue weighted by Gasteiger charge is 2.11. The van der Waals surface area contributed by atoms with Gasteiger partial charge in [0.15, 0.2) is 10.7 Å². The van der Waals surface area contributed by atoms with Crippen LogP contribution in [0.5, 0.6) is 0 Å². The van der Waals surface area contributed by atoms with Crippen molar-refractivity contribution in [2.24, 2.45) is 5.10 Å². The molecule has 1 heterocycles. The van der Waals surface area contributed by atoms with Crippen LogP contribution in [-0.4, -0.2) is 10.7 Å². The normalized spacial score (nSPS) is 11.2. The van der Waals surface area contributed by atoms with Crippen LogP contribution in [0.4, 0.5) is 10.1 Å². The van der Waals surface area contributed by atoms with Gasteiger partial charge in [-0.1, -0.05) is 35.3 Å². The lowest BCUT2D eigenvalue weighted by Gasteiger charge is -2.01. The molecule has 0 atom stereocenters. The second-order valence-electron chi connectivity index (χ2n) is 4.86. The Labute approximate surface area is 157 Å². The van der Waals surface area contributed by atoms with Gasteiger partial charge in [-0.15, -0.1) is 11.3 Å². The van der Waals surface area contributed by atoms with Crippen molar-refractivity contribution < 1.29 is 4.39 Å². The third-order valence-corrected chi connectivity index (χ3v) is 4.74. The van der Waals surface area contributed by atoms with Crippen molar-refractivity contribution in [1.29, 1.82) is 5.26 Å². The quantitative estimate of drug-likeness (QED) is 0.466. The lowest BCUT2D eigenvalue weighted by Crippen LogP contribution is -2.01. The first-order valence-corrected chi connectivity index (χ1v) is 8.61. The molecular weight excluding hydrogens is 382 g/mol. The molecule has 8 heteroatoms. The molecule has 0 fully saturated rings. The van der Waals surface area contributed by atoms with Crippen molar-refractivity contribution in [2.75, 3.05) is 5.43 Å². The molecule has 2 aromatic carbocycles. The van der Waals surface area contributed by atoms with Gasteiger partial charge in [0, 0.05) is 10.9 Å². The zero-order valence-electron chi connectivity index (χ0n) is 12.5. The lowest BCUT2D eigenvalue weighted by molar-refractivity contribution is 0.628. The minimum absolute atomic E-state index is 0.0978. The smallest absolute Gasteiger partial charge is 0.196 e. The molecule has 3 aromatic rings. The number of hydrogen-bond donors (Lipinski definition) is 1. The standard InChI is InChI=1S/C17H9Cl2FN4S/c18-13-5-4-10(6-14(13)19)16-9-25-17(22-16)15(8-21)24-23-12-3-1-2-11(20)7-12/h1-7,9,23H/b24-15-. The van der Waals surface area contributed by atoms with Crippen LogP contribution < -0.4 is 5.43 Å². The monoisotopic (exact) mass is 390 g/mol. The van der Waals surface area contributed by atoms with E-state index in [-0.39, 0.29) is 5.71 Å². The Balaban J connectivity index is 1.85. The number of hydrazone groups is 1. The van der Waals surface area contributed by atoms with Crippen molar-refractivity contribution in [3.8, 4) is 17.3 Å². The second-order valence-corrected chi connectivity index (χ2v) is 6.53. The van der Waals surface area contributed by atoms with E-state index >= 15 is 0 Å². The molecule has 0 spiro atoms. The van der Waals surface area contributed by atoms with Crippen LogP contribution in [0.2, 0.25) is 10.0 Å². The fraction of sp³-hybridized carbons (Fsp3) is 0. The van der Waals surface area contributed by atoms with Crippen molar-refractivity contribution >= 4 is 45.9 Å². The molecule has 4 nitrogen and oxygen atoms in total. The van der Waals surface area contributed by atoms with Crippen LogP contribution in [0, 0.1) is 17.1 Å². The van der Waals surface area contributed by atoms with Crippen LogP contribution in [0.3, 0.4) is 0 Å². The van der Waals surface area contributed by atoms with Crippen LogP contribution in [0.1, 0.15) is 5.01 Å². The summed E-state index contributed by atoms with van der Waals surface area (Å²) in [6.07, 6.45) is 0. The molecule has 1 aromatic heterocycles. The Morgan fingerprint density at radius 1 is 1.20 bits per heavy atom. The van der Waals surface area contributed by atoms with Crippen LogP contribution >= 0.6 is 34.5 Å². The van der Waals surface area contributed by atoms with E-state index in [4.69, 9.17) is 23.2 Å². The largest absolute Gasteiger partial charge is 0.277 e. The fourth-order valence-electron chi connectivity index (χ4n) is 1.97. The molecule has 0 saturated carbocycles. The van der Waals surface area contributed by atoms with E-state index in [2.05, 4.69) is 15.5 Å². The molecule has 0 aliphatic carbocycles. The first kappa shape index (κ1) is 17.4. The Kier molecular flexibility index (Phi) is 5.29. The zero-order valence-corrected chi connectivity index (χ0v) is 14.8. The summed E-state index contributed by atoms with van der Waals surface area (Å²) in [5.41, 5.74) is 4.63. The summed E-state index contributed by atoms with van der Waals surface area (Å²) in [4.78, 5) is 4.40. The van der Waals surface area contributed by atoms with Gasteiger partial charge >= 0.3 is 0 Å². The second kappa shape index (κ2) is 7.62. The number of aromatic nitrogens is 1. The number of nitrogens with one attached hydrogen (secondary N) is 1. The molecule has 124 valence electrons. The van der Waals surface area contributed by atoms with Gasteiger partial charge in [0.05, 0.1) is 21.4 Å². The number of benzene rings is 2. The molecule has 3 rings (SSSR count). The number of anilines is 1. The summed E-state index contributed by atoms with van der Waals surface area (Å²) in [5.74, 6) is -0.394. The number of thiazole rings is 1. The number of hydrogen-bond acceptors (Lipinski definition) is 5. The molecule has 0 radical (unpaired) electrons. The van der Waals surface area contributed by atoms with Crippen LogP contribution in [-0.2, 0) is 0 Å². The van der Waals surface area contributed by atoms with E-state index < -0.39 is 5.82 Å². The molecule has 0 bridgehead atoms. The van der Waals surface area contributed by atoms with Gasteiger partial charge in [-0.25, -0.2) is 9.37 Å². The average Bonchev–Trinajstić information content (AvgIpc) is 3.08. The first-order chi connectivity index (χ1) is 12.1. The Morgan fingerprint density at radius 2 is 2.04 bits per heavy atom. The third-order valence-electron chi connectivity index (χ3n) is 3.15. The Hall–Kier alpha value is -2.46. The highest BCUT2D eigenvalue weighted by molar-refractivity contribution is 7.12. The predicted molar refractivity (Wildman–Crippen MR) is 99.7 cm³/mol. The summed E-state index contributed by atoms with van der Waals surface area (Å²) in [6, 6.07) is 13.0. The van der Waals surface area contributed by atoms with Crippen LogP contribution in [0.15, 0.2) is 52.9 Å². The minimum atomic E-state index is -0.394. The molecule has 0 unspecified atom stereocenters. The fourth-order valence-corrected chi connectivity index (χ4v) is 3.03. The summed E-state index contributed by atoms with van der Waals surface area (Å²) >= 11 is 13.2. The van der Waals surface area contributed by atoms with Gasteiger partial charge < -0.3 is 0 Å². The first-order valence-electron chi connectivity index (χ1n) is 6.97. The van der Waals surface area contributed by atoms with Gasteiger partial charge in [-0.3, -0.25) is 5.43 Å². The SMILES string of the molecule is N#C/C(=N/Nc1cccc(F)c1)c1nc(-c2ccc(Cl)c(Cl)c2)cs1. The number of nitriles is 1. The third kappa shape index (κ3) is 4.15. The number of nitrogens with zero attached hydrogens (tertiary/aromatic N) is 3. The number of halogens is 3. The topological polar surface area (TPSA) is 61.1 Å². The number of rotatable bonds is 4. The van der Waals surface area contributed by atoms with Gasteiger partial charge in [0.1, 0.15) is 11.9 Å². The van der Waals surface area contributed by atoms with E-state index in [1.807, 2.05) is 6.07 Å². The van der Waals surface area contributed by atoms with Gasteiger partial charge in [0.2, 0.25) is 0 Å². The van der Waals surface area contributed by atoms with E-state index in [9.17, 15) is 9.65 Å². The van der Waals surface area contributed by atoms with Crippen LogP contribution in [0.25, 0.3) is 11.3 Å². The Morgan fingerprint density at radius 3 is 2.76 bits per heavy atom. The van der Waals surface area contributed by atoms with E-state index in [1.165, 1.54) is 23.5 Å². The minimum Gasteiger partial charge on any atom is -0.277 e. The van der Waals surface area contributed by atoms with Crippen molar-refractivity contribution in [3.63, 3.8) is 0 Å². The molecule has 0 aliphatic rings.